The first-order chi connectivity index (χ1) is 14.4. The van der Waals surface area contributed by atoms with Crippen molar-refractivity contribution in [2.24, 2.45) is 5.92 Å². The van der Waals surface area contributed by atoms with E-state index < -0.39 is 5.97 Å². The first-order valence-electron chi connectivity index (χ1n) is 9.99. The van der Waals surface area contributed by atoms with E-state index in [0.29, 0.717) is 25.1 Å². The molecule has 0 aliphatic carbocycles. The quantitative estimate of drug-likeness (QED) is 0.628. The van der Waals surface area contributed by atoms with Gasteiger partial charge in [0.2, 0.25) is 5.91 Å². The third kappa shape index (κ3) is 3.92. The predicted molar refractivity (Wildman–Crippen MR) is 118 cm³/mol. The van der Waals surface area contributed by atoms with Crippen LogP contribution in [0.2, 0.25) is 0 Å². The number of aryl methyl sites for hydroxylation is 1. The fourth-order valence-electron chi connectivity index (χ4n) is 4.07. The maximum atomic E-state index is 13.5. The molecule has 30 heavy (non-hydrogen) atoms. The molecule has 1 aliphatic rings. The summed E-state index contributed by atoms with van der Waals surface area (Å²) in [5.74, 6) is -1.05. The lowest BCUT2D eigenvalue weighted by Crippen LogP contribution is -2.42. The van der Waals surface area contributed by atoms with Crippen molar-refractivity contribution in [3.63, 3.8) is 0 Å². The minimum atomic E-state index is -0.950. The molecule has 152 valence electrons. The molecule has 1 atom stereocenters. The Kier molecular flexibility index (Phi) is 5.27. The van der Waals surface area contributed by atoms with Crippen LogP contribution in [0.5, 0.6) is 0 Å². The average Bonchev–Trinajstić information content (AvgIpc) is 2.73. The molecule has 3 aromatic rings. The van der Waals surface area contributed by atoms with E-state index in [-0.39, 0.29) is 17.4 Å². The third-order valence-corrected chi connectivity index (χ3v) is 5.75. The van der Waals surface area contributed by atoms with Gasteiger partial charge in [-0.15, -0.1) is 0 Å². The minimum Gasteiger partial charge on any atom is -0.478 e. The second-order valence-corrected chi connectivity index (χ2v) is 7.85. The standard InChI is InChI=1S/C25H24N2O3/c1-16-3-2-4-23-22(16)14-20(13-17-5-9-19(10-6-17)25(29)30)24(28)27(23)15-18-7-11-21(26)12-8-18/h2-12,20H,13-15,26H2,1H3,(H,29,30). The topological polar surface area (TPSA) is 83.6 Å². The predicted octanol–water partition coefficient (Wildman–Crippen LogP) is 4.22. The summed E-state index contributed by atoms with van der Waals surface area (Å²) in [5, 5.41) is 9.10. The number of nitrogens with zero attached hydrogens (tertiary/aromatic N) is 1. The molecule has 3 N–H and O–H groups in total. The van der Waals surface area contributed by atoms with E-state index in [0.717, 1.165) is 16.8 Å². The van der Waals surface area contributed by atoms with Gasteiger partial charge >= 0.3 is 5.97 Å². The van der Waals surface area contributed by atoms with Crippen molar-refractivity contribution in [2.45, 2.75) is 26.3 Å². The maximum Gasteiger partial charge on any atom is 0.335 e. The summed E-state index contributed by atoms with van der Waals surface area (Å²) in [5.41, 5.74) is 12.1. The van der Waals surface area contributed by atoms with Gasteiger partial charge in [0, 0.05) is 17.3 Å². The first-order valence-corrected chi connectivity index (χ1v) is 9.99. The molecule has 4 rings (SSSR count). The highest BCUT2D eigenvalue weighted by molar-refractivity contribution is 5.98. The summed E-state index contributed by atoms with van der Waals surface area (Å²) in [6.45, 7) is 2.57. The van der Waals surface area contributed by atoms with Gasteiger partial charge < -0.3 is 15.7 Å². The number of fused-ring (bicyclic) bond motifs is 1. The number of carboxylic acid groups (broad SMARTS) is 1. The number of carbonyl (C=O) groups excluding carboxylic acids is 1. The SMILES string of the molecule is Cc1cccc2c1CC(Cc1ccc(C(=O)O)cc1)C(=O)N2Cc1ccc(N)cc1. The van der Waals surface area contributed by atoms with Gasteiger partial charge in [-0.25, -0.2) is 4.79 Å². The van der Waals surface area contributed by atoms with Gasteiger partial charge in [0.05, 0.1) is 12.1 Å². The van der Waals surface area contributed by atoms with Crippen LogP contribution in [0, 0.1) is 12.8 Å². The lowest BCUT2D eigenvalue weighted by atomic mass is 9.85. The van der Waals surface area contributed by atoms with Gasteiger partial charge in [-0.1, -0.05) is 36.4 Å². The number of nitrogen functional groups attached to an aromatic ring is 1. The van der Waals surface area contributed by atoms with E-state index in [1.807, 2.05) is 41.3 Å². The average molecular weight is 400 g/mol. The van der Waals surface area contributed by atoms with Crippen LogP contribution in [-0.2, 0) is 24.2 Å². The second-order valence-electron chi connectivity index (χ2n) is 7.85. The summed E-state index contributed by atoms with van der Waals surface area (Å²) >= 11 is 0. The highest BCUT2D eigenvalue weighted by Crippen LogP contribution is 2.35. The number of amides is 1. The summed E-state index contributed by atoms with van der Waals surface area (Å²) in [6, 6.07) is 20.5. The molecule has 0 saturated heterocycles. The number of hydrogen-bond donors (Lipinski definition) is 2. The van der Waals surface area contributed by atoms with Gasteiger partial charge in [-0.2, -0.15) is 0 Å². The molecule has 1 unspecified atom stereocenters. The third-order valence-electron chi connectivity index (χ3n) is 5.75. The Morgan fingerprint density at radius 1 is 1.03 bits per heavy atom. The van der Waals surface area contributed by atoms with Gasteiger partial charge in [-0.3, -0.25) is 4.79 Å². The van der Waals surface area contributed by atoms with Crippen molar-refractivity contribution in [1.82, 2.24) is 0 Å². The van der Waals surface area contributed by atoms with Gasteiger partial charge in [0.1, 0.15) is 0 Å². The van der Waals surface area contributed by atoms with Crippen LogP contribution in [0.4, 0.5) is 11.4 Å². The largest absolute Gasteiger partial charge is 0.478 e. The molecule has 0 bridgehead atoms. The van der Waals surface area contributed by atoms with Crippen molar-refractivity contribution >= 4 is 23.3 Å². The fraction of sp³-hybridized carbons (Fsp3) is 0.200. The Labute approximate surface area is 175 Å². The fourth-order valence-corrected chi connectivity index (χ4v) is 4.07. The van der Waals surface area contributed by atoms with Crippen molar-refractivity contribution in [2.75, 3.05) is 10.6 Å². The molecule has 5 heteroatoms. The Hall–Kier alpha value is -3.60. The van der Waals surface area contributed by atoms with Gasteiger partial charge in [-0.05, 0) is 72.4 Å². The van der Waals surface area contributed by atoms with Crippen LogP contribution in [0.1, 0.15) is 32.6 Å². The summed E-state index contributed by atoms with van der Waals surface area (Å²) in [6.07, 6.45) is 1.25. The van der Waals surface area contributed by atoms with Crippen LogP contribution >= 0.6 is 0 Å². The zero-order valence-electron chi connectivity index (χ0n) is 16.8. The normalized spacial score (nSPS) is 15.7. The molecule has 5 nitrogen and oxygen atoms in total. The number of nitrogens with two attached hydrogens (primary N) is 1. The second kappa shape index (κ2) is 8.03. The minimum absolute atomic E-state index is 0.0900. The van der Waals surface area contributed by atoms with Crippen LogP contribution in [0.15, 0.2) is 66.7 Å². The molecule has 0 fully saturated rings. The Bertz CT molecular complexity index is 1090. The van der Waals surface area contributed by atoms with Crippen LogP contribution in [0.3, 0.4) is 0 Å². The molecule has 0 radical (unpaired) electrons. The lowest BCUT2D eigenvalue weighted by molar-refractivity contribution is -0.123. The van der Waals surface area contributed by atoms with Gasteiger partial charge in [0.25, 0.3) is 0 Å². The van der Waals surface area contributed by atoms with E-state index in [1.165, 1.54) is 11.1 Å². The molecule has 3 aromatic carbocycles. The number of hydrogen-bond acceptors (Lipinski definition) is 3. The maximum absolute atomic E-state index is 13.5. The van der Waals surface area contributed by atoms with Gasteiger partial charge in [0.15, 0.2) is 0 Å². The number of aromatic carboxylic acids is 1. The lowest BCUT2D eigenvalue weighted by Gasteiger charge is -2.35. The van der Waals surface area contributed by atoms with Crippen molar-refractivity contribution in [3.8, 4) is 0 Å². The number of benzene rings is 3. The molecule has 0 saturated carbocycles. The van der Waals surface area contributed by atoms with Crippen LogP contribution < -0.4 is 10.6 Å². The van der Waals surface area contributed by atoms with E-state index in [4.69, 9.17) is 10.8 Å². The van der Waals surface area contributed by atoms with Crippen molar-refractivity contribution in [3.05, 3.63) is 94.5 Å². The Balaban J connectivity index is 1.64. The Morgan fingerprint density at radius 3 is 2.37 bits per heavy atom. The summed E-state index contributed by atoms with van der Waals surface area (Å²) in [7, 11) is 0. The molecular formula is C25H24N2O3. The van der Waals surface area contributed by atoms with Crippen molar-refractivity contribution in [1.29, 1.82) is 0 Å². The molecule has 1 heterocycles. The van der Waals surface area contributed by atoms with E-state index >= 15 is 0 Å². The number of rotatable bonds is 5. The van der Waals surface area contributed by atoms with Crippen molar-refractivity contribution < 1.29 is 14.7 Å². The molecule has 0 aromatic heterocycles. The van der Waals surface area contributed by atoms with E-state index in [1.54, 1.807) is 24.3 Å². The monoisotopic (exact) mass is 400 g/mol. The highest BCUT2D eigenvalue weighted by atomic mass is 16.4. The zero-order chi connectivity index (χ0) is 21.3. The summed E-state index contributed by atoms with van der Waals surface area (Å²) < 4.78 is 0. The first kappa shape index (κ1) is 19.7. The molecule has 0 spiro atoms. The number of carbonyl (C=O) groups is 2. The Morgan fingerprint density at radius 2 is 1.70 bits per heavy atom. The van der Waals surface area contributed by atoms with E-state index in [9.17, 15) is 9.59 Å². The summed E-state index contributed by atoms with van der Waals surface area (Å²) in [4.78, 5) is 26.4. The molecular weight excluding hydrogens is 376 g/mol. The molecule has 1 aliphatic heterocycles. The number of anilines is 2. The van der Waals surface area contributed by atoms with Crippen LogP contribution in [-0.4, -0.2) is 17.0 Å². The highest BCUT2D eigenvalue weighted by Gasteiger charge is 2.33. The smallest absolute Gasteiger partial charge is 0.335 e. The van der Waals surface area contributed by atoms with E-state index in [2.05, 4.69) is 13.0 Å². The number of carboxylic acids is 1. The molecule has 1 amide bonds. The zero-order valence-corrected chi connectivity index (χ0v) is 16.8. The van der Waals surface area contributed by atoms with Crippen LogP contribution in [0.25, 0.3) is 0 Å².